The third-order valence-corrected chi connectivity index (χ3v) is 3.85. The first-order valence-electron chi connectivity index (χ1n) is 6.95. The number of benzene rings is 2. The zero-order valence-corrected chi connectivity index (χ0v) is 12.2. The maximum atomic E-state index is 6.28. The number of fused-ring (bicyclic) bond motifs is 1. The fourth-order valence-corrected chi connectivity index (χ4v) is 2.63. The minimum absolute atomic E-state index is 0.0354. The van der Waals surface area contributed by atoms with Gasteiger partial charge in [-0.1, -0.05) is 18.2 Å². The van der Waals surface area contributed by atoms with E-state index in [0.717, 1.165) is 34.8 Å². The summed E-state index contributed by atoms with van der Waals surface area (Å²) in [6, 6.07) is 13.6. The number of hydrogen-bond acceptors (Lipinski definition) is 4. The monoisotopic (exact) mass is 285 g/mol. The molecule has 1 heterocycles. The van der Waals surface area contributed by atoms with Gasteiger partial charge in [0.15, 0.2) is 0 Å². The second kappa shape index (κ2) is 5.66. The Kier molecular flexibility index (Phi) is 3.71. The van der Waals surface area contributed by atoms with Gasteiger partial charge >= 0.3 is 0 Å². The third-order valence-electron chi connectivity index (χ3n) is 3.85. The summed E-state index contributed by atoms with van der Waals surface area (Å²) < 4.78 is 16.5. The fraction of sp³-hybridized carbons (Fsp3) is 0.294. The molecule has 2 N–H and O–H groups in total. The van der Waals surface area contributed by atoms with Gasteiger partial charge in [-0.3, -0.25) is 0 Å². The maximum absolute atomic E-state index is 6.28. The molecule has 1 aliphatic heterocycles. The van der Waals surface area contributed by atoms with Gasteiger partial charge in [-0.15, -0.1) is 0 Å². The Labute approximate surface area is 124 Å². The lowest BCUT2D eigenvalue weighted by Gasteiger charge is -2.30. The molecule has 2 atom stereocenters. The largest absolute Gasteiger partial charge is 0.497 e. The molecule has 0 saturated carbocycles. The van der Waals surface area contributed by atoms with Crippen molar-refractivity contribution >= 4 is 0 Å². The number of rotatable bonds is 3. The molecule has 0 amide bonds. The van der Waals surface area contributed by atoms with Crippen LogP contribution >= 0.6 is 0 Å². The molecule has 0 fully saturated rings. The molecule has 4 heteroatoms. The van der Waals surface area contributed by atoms with Crippen LogP contribution in [0.3, 0.4) is 0 Å². The summed E-state index contributed by atoms with van der Waals surface area (Å²) in [5.41, 5.74) is 8.40. The molecule has 0 saturated heterocycles. The molecule has 2 aromatic rings. The highest BCUT2D eigenvalue weighted by Crippen LogP contribution is 2.41. The van der Waals surface area contributed by atoms with Crippen molar-refractivity contribution in [2.75, 3.05) is 14.2 Å². The highest BCUT2D eigenvalue weighted by Gasteiger charge is 2.27. The summed E-state index contributed by atoms with van der Waals surface area (Å²) >= 11 is 0. The van der Waals surface area contributed by atoms with Crippen LogP contribution < -0.4 is 19.9 Å². The second-order valence-corrected chi connectivity index (χ2v) is 5.13. The molecule has 1 unspecified atom stereocenters. The molecule has 3 rings (SSSR count). The Morgan fingerprint density at radius 1 is 1.00 bits per heavy atom. The fourth-order valence-electron chi connectivity index (χ4n) is 2.63. The molecule has 21 heavy (non-hydrogen) atoms. The van der Waals surface area contributed by atoms with Crippen LogP contribution in [-0.4, -0.2) is 14.2 Å². The molecular weight excluding hydrogens is 266 g/mol. The predicted octanol–water partition coefficient (Wildman–Crippen LogP) is 3.23. The maximum Gasteiger partial charge on any atom is 0.128 e. The SMILES string of the molecule is COc1ccc(C2C[C@H](N)c3ccc(OC)cc3O2)cc1. The van der Waals surface area contributed by atoms with Crippen LogP contribution in [0.15, 0.2) is 42.5 Å². The first-order valence-corrected chi connectivity index (χ1v) is 6.95. The molecule has 110 valence electrons. The van der Waals surface area contributed by atoms with E-state index in [9.17, 15) is 0 Å². The Bertz CT molecular complexity index is 624. The van der Waals surface area contributed by atoms with Crippen molar-refractivity contribution in [1.82, 2.24) is 0 Å². The van der Waals surface area contributed by atoms with Crippen LogP contribution in [0.5, 0.6) is 17.2 Å². The van der Waals surface area contributed by atoms with Gasteiger partial charge in [0.2, 0.25) is 0 Å². The van der Waals surface area contributed by atoms with E-state index in [-0.39, 0.29) is 12.1 Å². The van der Waals surface area contributed by atoms with Crippen molar-refractivity contribution < 1.29 is 14.2 Å². The van der Waals surface area contributed by atoms with Crippen LogP contribution in [0.4, 0.5) is 0 Å². The van der Waals surface area contributed by atoms with Gasteiger partial charge in [-0.05, 0) is 23.8 Å². The molecule has 2 aromatic carbocycles. The molecule has 0 bridgehead atoms. The number of ether oxygens (including phenoxy) is 3. The molecule has 0 spiro atoms. The van der Waals surface area contributed by atoms with Gasteiger partial charge in [-0.2, -0.15) is 0 Å². The van der Waals surface area contributed by atoms with Gasteiger partial charge in [0.05, 0.1) is 14.2 Å². The van der Waals surface area contributed by atoms with Crippen LogP contribution in [-0.2, 0) is 0 Å². The van der Waals surface area contributed by atoms with Gasteiger partial charge in [0, 0.05) is 24.1 Å². The quantitative estimate of drug-likeness (QED) is 0.940. The van der Waals surface area contributed by atoms with Crippen molar-refractivity contribution in [2.45, 2.75) is 18.6 Å². The average molecular weight is 285 g/mol. The predicted molar refractivity (Wildman–Crippen MR) is 80.9 cm³/mol. The van der Waals surface area contributed by atoms with Gasteiger partial charge in [0.25, 0.3) is 0 Å². The zero-order chi connectivity index (χ0) is 14.8. The molecule has 1 aliphatic rings. The van der Waals surface area contributed by atoms with E-state index < -0.39 is 0 Å². The van der Waals surface area contributed by atoms with E-state index in [1.807, 2.05) is 42.5 Å². The molecular formula is C17H19NO3. The minimum atomic E-state index is -0.0505. The summed E-state index contributed by atoms with van der Waals surface area (Å²) in [4.78, 5) is 0. The number of methoxy groups -OCH3 is 2. The average Bonchev–Trinajstić information content (AvgIpc) is 2.54. The zero-order valence-electron chi connectivity index (χ0n) is 12.2. The minimum Gasteiger partial charge on any atom is -0.497 e. The molecule has 0 aromatic heterocycles. The highest BCUT2D eigenvalue weighted by molar-refractivity contribution is 5.44. The van der Waals surface area contributed by atoms with Crippen molar-refractivity contribution in [3.05, 3.63) is 53.6 Å². The Hall–Kier alpha value is -2.20. The van der Waals surface area contributed by atoms with E-state index in [1.54, 1.807) is 14.2 Å². The van der Waals surface area contributed by atoms with E-state index in [4.69, 9.17) is 19.9 Å². The summed E-state index contributed by atoms with van der Waals surface area (Å²) in [5.74, 6) is 2.41. The van der Waals surface area contributed by atoms with E-state index in [1.165, 1.54) is 0 Å². The number of hydrogen-bond donors (Lipinski definition) is 1. The van der Waals surface area contributed by atoms with Crippen LogP contribution in [0.25, 0.3) is 0 Å². The Morgan fingerprint density at radius 3 is 2.33 bits per heavy atom. The van der Waals surface area contributed by atoms with Crippen LogP contribution in [0.2, 0.25) is 0 Å². The number of nitrogens with two attached hydrogens (primary N) is 1. The molecule has 0 aliphatic carbocycles. The van der Waals surface area contributed by atoms with E-state index in [0.29, 0.717) is 0 Å². The van der Waals surface area contributed by atoms with E-state index >= 15 is 0 Å². The Balaban J connectivity index is 1.89. The third kappa shape index (κ3) is 2.67. The lowest BCUT2D eigenvalue weighted by atomic mass is 9.93. The van der Waals surface area contributed by atoms with Crippen molar-refractivity contribution in [3.8, 4) is 17.2 Å². The van der Waals surface area contributed by atoms with Crippen LogP contribution in [0.1, 0.15) is 29.7 Å². The van der Waals surface area contributed by atoms with Gasteiger partial charge < -0.3 is 19.9 Å². The van der Waals surface area contributed by atoms with Crippen molar-refractivity contribution in [3.63, 3.8) is 0 Å². The molecule has 4 nitrogen and oxygen atoms in total. The topological polar surface area (TPSA) is 53.7 Å². The first-order chi connectivity index (χ1) is 10.2. The normalized spacial score (nSPS) is 20.3. The van der Waals surface area contributed by atoms with Gasteiger partial charge in [0.1, 0.15) is 23.4 Å². The summed E-state index contributed by atoms with van der Waals surface area (Å²) in [7, 11) is 3.30. The lowest BCUT2D eigenvalue weighted by Crippen LogP contribution is -2.24. The Morgan fingerprint density at radius 2 is 1.67 bits per heavy atom. The molecule has 0 radical (unpaired) electrons. The first kappa shape index (κ1) is 13.8. The van der Waals surface area contributed by atoms with Crippen molar-refractivity contribution in [2.24, 2.45) is 5.73 Å². The van der Waals surface area contributed by atoms with Crippen LogP contribution in [0, 0.1) is 0 Å². The summed E-state index contributed by atoms with van der Waals surface area (Å²) in [6.45, 7) is 0. The van der Waals surface area contributed by atoms with Gasteiger partial charge in [-0.25, -0.2) is 0 Å². The lowest BCUT2D eigenvalue weighted by molar-refractivity contribution is 0.161. The smallest absolute Gasteiger partial charge is 0.128 e. The second-order valence-electron chi connectivity index (χ2n) is 5.13. The highest BCUT2D eigenvalue weighted by atomic mass is 16.5. The standard InChI is InChI=1S/C17H19NO3/c1-19-12-5-3-11(4-6-12)16-10-15(18)14-8-7-13(20-2)9-17(14)21-16/h3-9,15-16H,10,18H2,1-2H3/t15-,16?/m0/s1. The summed E-state index contributed by atoms with van der Waals surface area (Å²) in [5, 5.41) is 0. The summed E-state index contributed by atoms with van der Waals surface area (Å²) in [6.07, 6.45) is 0.705. The van der Waals surface area contributed by atoms with E-state index in [2.05, 4.69) is 0 Å². The van der Waals surface area contributed by atoms with Crippen molar-refractivity contribution in [1.29, 1.82) is 0 Å².